The Morgan fingerprint density at radius 2 is 2.23 bits per heavy atom. The number of hydrogen-bond acceptors (Lipinski definition) is 8. The van der Waals surface area contributed by atoms with E-state index in [0.29, 0.717) is 23.1 Å². The number of thiazole rings is 1. The van der Waals surface area contributed by atoms with Crippen molar-refractivity contribution in [1.29, 1.82) is 0 Å². The van der Waals surface area contributed by atoms with Crippen LogP contribution in [0, 0.1) is 0 Å². The van der Waals surface area contributed by atoms with Gasteiger partial charge in [-0.25, -0.2) is 9.67 Å². The number of amides is 1. The van der Waals surface area contributed by atoms with Crippen molar-refractivity contribution >= 4 is 39.9 Å². The molecule has 0 fully saturated rings. The molecule has 11 heteroatoms. The maximum atomic E-state index is 12.5. The number of rotatable bonds is 6. The Kier molecular flexibility index (Phi) is 5.54. The summed E-state index contributed by atoms with van der Waals surface area (Å²) in [5, 5.41) is 15.9. The zero-order chi connectivity index (χ0) is 18.5. The largest absolute Gasteiger partial charge is 0.466 e. The molecule has 26 heavy (non-hydrogen) atoms. The van der Waals surface area contributed by atoms with E-state index in [1.165, 1.54) is 22.3 Å². The Morgan fingerprint density at radius 1 is 1.38 bits per heavy atom. The van der Waals surface area contributed by atoms with E-state index in [9.17, 15) is 9.59 Å². The number of nitrogens with zero attached hydrogens (tertiary/aromatic N) is 5. The topological polar surface area (TPSA) is 112 Å². The molecule has 0 aliphatic rings. The van der Waals surface area contributed by atoms with Gasteiger partial charge in [-0.2, -0.15) is 0 Å². The van der Waals surface area contributed by atoms with E-state index in [2.05, 4.69) is 25.8 Å². The lowest BCUT2D eigenvalue weighted by Crippen LogP contribution is -2.13. The second-order valence-electron chi connectivity index (χ2n) is 5.00. The highest BCUT2D eigenvalue weighted by Gasteiger charge is 2.15. The number of aromatic nitrogens is 5. The first-order valence-electron chi connectivity index (χ1n) is 7.51. The van der Waals surface area contributed by atoms with Crippen molar-refractivity contribution in [2.24, 2.45) is 0 Å². The molecule has 2 aromatic heterocycles. The summed E-state index contributed by atoms with van der Waals surface area (Å²) in [4.78, 5) is 28.2. The Labute approximate surface area is 157 Å². The molecule has 3 aromatic rings. The minimum absolute atomic E-state index is 0.0513. The molecule has 0 spiro atoms. The number of hydrogen-bond donors (Lipinski definition) is 1. The molecular weight excluding hydrogens is 380 g/mol. The number of tetrazole rings is 1. The van der Waals surface area contributed by atoms with Gasteiger partial charge in [-0.1, -0.05) is 11.6 Å². The van der Waals surface area contributed by atoms with Gasteiger partial charge in [0.1, 0.15) is 6.33 Å². The normalized spacial score (nSPS) is 10.5. The van der Waals surface area contributed by atoms with E-state index in [0.717, 1.165) is 0 Å². The van der Waals surface area contributed by atoms with Crippen LogP contribution < -0.4 is 5.32 Å². The average molecular weight is 393 g/mol. The van der Waals surface area contributed by atoms with Crippen molar-refractivity contribution in [1.82, 2.24) is 25.2 Å². The number of carbonyl (C=O) groups is 2. The van der Waals surface area contributed by atoms with Crippen LogP contribution in [0.25, 0.3) is 5.69 Å². The number of benzene rings is 1. The number of esters is 1. The third kappa shape index (κ3) is 4.21. The summed E-state index contributed by atoms with van der Waals surface area (Å²) >= 11 is 7.34. The predicted octanol–water partition coefficient (Wildman–Crippen LogP) is 2.13. The van der Waals surface area contributed by atoms with Gasteiger partial charge in [0, 0.05) is 5.38 Å². The first kappa shape index (κ1) is 18.0. The standard InChI is InChI=1S/C15H13ClN6O3S/c1-2-25-13(23)5-9-7-26-15(18-9)19-14(24)11-6-10(3-4-12(11)16)22-8-17-20-21-22/h3-4,6-8H,2,5H2,1H3,(H,18,19,24). The van der Waals surface area contributed by atoms with Crippen molar-refractivity contribution in [2.75, 3.05) is 11.9 Å². The monoisotopic (exact) mass is 392 g/mol. The van der Waals surface area contributed by atoms with Gasteiger partial charge in [0.05, 0.1) is 35.0 Å². The summed E-state index contributed by atoms with van der Waals surface area (Å²) in [7, 11) is 0. The van der Waals surface area contributed by atoms with Crippen LogP contribution >= 0.6 is 22.9 Å². The van der Waals surface area contributed by atoms with Crippen LogP contribution in [0.15, 0.2) is 29.9 Å². The fourth-order valence-electron chi connectivity index (χ4n) is 2.08. The third-order valence-electron chi connectivity index (χ3n) is 3.21. The summed E-state index contributed by atoms with van der Waals surface area (Å²) in [5.74, 6) is -0.796. The first-order valence-corrected chi connectivity index (χ1v) is 8.77. The summed E-state index contributed by atoms with van der Waals surface area (Å²) in [6, 6.07) is 4.85. The number of ether oxygens (including phenoxy) is 1. The zero-order valence-corrected chi connectivity index (χ0v) is 15.1. The highest BCUT2D eigenvalue weighted by molar-refractivity contribution is 7.14. The Morgan fingerprint density at radius 3 is 2.96 bits per heavy atom. The number of carbonyl (C=O) groups excluding carboxylic acids is 2. The van der Waals surface area contributed by atoms with Crippen LogP contribution in [0.4, 0.5) is 5.13 Å². The molecule has 3 rings (SSSR count). The second kappa shape index (κ2) is 8.02. The van der Waals surface area contributed by atoms with Crippen LogP contribution in [0.5, 0.6) is 0 Å². The molecule has 9 nitrogen and oxygen atoms in total. The van der Waals surface area contributed by atoms with Gasteiger partial charge in [0.15, 0.2) is 5.13 Å². The lowest BCUT2D eigenvalue weighted by molar-refractivity contribution is -0.142. The molecule has 0 saturated heterocycles. The van der Waals surface area contributed by atoms with Gasteiger partial charge in [0.25, 0.3) is 5.91 Å². The quantitative estimate of drug-likeness (QED) is 0.639. The molecule has 0 unspecified atom stereocenters. The minimum Gasteiger partial charge on any atom is -0.466 e. The summed E-state index contributed by atoms with van der Waals surface area (Å²) in [6.45, 7) is 2.04. The lowest BCUT2D eigenvalue weighted by Gasteiger charge is -2.06. The molecule has 1 aromatic carbocycles. The SMILES string of the molecule is CCOC(=O)Cc1csc(NC(=O)c2cc(-n3cnnn3)ccc2Cl)n1. The number of nitrogens with one attached hydrogen (secondary N) is 1. The molecule has 0 bridgehead atoms. The molecule has 1 amide bonds. The Hall–Kier alpha value is -2.85. The fourth-order valence-corrected chi connectivity index (χ4v) is 2.99. The molecule has 134 valence electrons. The van der Waals surface area contributed by atoms with Crippen molar-refractivity contribution in [3.05, 3.63) is 46.2 Å². The average Bonchev–Trinajstić information content (AvgIpc) is 3.27. The summed E-state index contributed by atoms with van der Waals surface area (Å²) < 4.78 is 6.28. The molecule has 1 N–H and O–H groups in total. The summed E-state index contributed by atoms with van der Waals surface area (Å²) in [5.41, 5.74) is 1.37. The minimum atomic E-state index is -0.429. The van der Waals surface area contributed by atoms with Gasteiger partial charge < -0.3 is 4.74 Å². The van der Waals surface area contributed by atoms with Crippen molar-refractivity contribution in [3.63, 3.8) is 0 Å². The van der Waals surface area contributed by atoms with Gasteiger partial charge >= 0.3 is 5.97 Å². The van der Waals surface area contributed by atoms with E-state index in [1.54, 1.807) is 30.5 Å². The molecule has 0 aliphatic heterocycles. The van der Waals surface area contributed by atoms with E-state index in [1.807, 2.05) is 0 Å². The lowest BCUT2D eigenvalue weighted by atomic mass is 10.2. The Balaban J connectivity index is 1.73. The van der Waals surface area contributed by atoms with Gasteiger partial charge in [-0.05, 0) is 35.5 Å². The number of halogens is 1. The molecule has 0 radical (unpaired) electrons. The van der Waals surface area contributed by atoms with Crippen LogP contribution in [0.3, 0.4) is 0 Å². The molecule has 0 aliphatic carbocycles. The highest BCUT2D eigenvalue weighted by Crippen LogP contribution is 2.22. The maximum absolute atomic E-state index is 12.5. The Bertz CT molecular complexity index is 927. The zero-order valence-electron chi connectivity index (χ0n) is 13.5. The fraction of sp³-hybridized carbons (Fsp3) is 0.200. The molecule has 0 saturated carbocycles. The molecule has 0 atom stereocenters. The number of anilines is 1. The van der Waals surface area contributed by atoms with Crippen LogP contribution in [0.2, 0.25) is 5.02 Å². The van der Waals surface area contributed by atoms with Gasteiger partial charge in [0.2, 0.25) is 0 Å². The van der Waals surface area contributed by atoms with Gasteiger partial charge in [-0.15, -0.1) is 16.4 Å². The molecular formula is C15H13ClN6O3S. The highest BCUT2D eigenvalue weighted by atomic mass is 35.5. The van der Waals surface area contributed by atoms with E-state index < -0.39 is 5.91 Å². The second-order valence-corrected chi connectivity index (χ2v) is 6.26. The third-order valence-corrected chi connectivity index (χ3v) is 4.35. The van der Waals surface area contributed by atoms with E-state index in [4.69, 9.17) is 16.3 Å². The predicted molar refractivity (Wildman–Crippen MR) is 94.6 cm³/mol. The van der Waals surface area contributed by atoms with Gasteiger partial charge in [-0.3, -0.25) is 14.9 Å². The molecule has 2 heterocycles. The first-order chi connectivity index (χ1) is 12.6. The van der Waals surface area contributed by atoms with Crippen LogP contribution in [0.1, 0.15) is 23.0 Å². The van der Waals surface area contributed by atoms with Crippen LogP contribution in [-0.4, -0.2) is 43.7 Å². The van der Waals surface area contributed by atoms with E-state index >= 15 is 0 Å². The summed E-state index contributed by atoms with van der Waals surface area (Å²) in [6.07, 6.45) is 1.46. The van der Waals surface area contributed by atoms with Crippen LogP contribution in [-0.2, 0) is 16.0 Å². The maximum Gasteiger partial charge on any atom is 0.311 e. The van der Waals surface area contributed by atoms with Crippen molar-refractivity contribution in [3.8, 4) is 5.69 Å². The van der Waals surface area contributed by atoms with Crippen molar-refractivity contribution < 1.29 is 14.3 Å². The smallest absolute Gasteiger partial charge is 0.311 e. The van der Waals surface area contributed by atoms with E-state index in [-0.39, 0.29) is 23.0 Å². The van der Waals surface area contributed by atoms with Crippen molar-refractivity contribution in [2.45, 2.75) is 13.3 Å².